The van der Waals surface area contributed by atoms with Gasteiger partial charge in [0, 0.05) is 12.2 Å². The summed E-state index contributed by atoms with van der Waals surface area (Å²) in [5, 5.41) is 5.46. The number of anilines is 1. The van der Waals surface area contributed by atoms with Gasteiger partial charge >= 0.3 is 6.18 Å². The zero-order chi connectivity index (χ0) is 25.6. The molecule has 34 heavy (non-hydrogen) atoms. The predicted molar refractivity (Wildman–Crippen MR) is 126 cm³/mol. The molecular weight excluding hydrogens is 447 g/mol. The van der Waals surface area contributed by atoms with Crippen LogP contribution in [0, 0.1) is 34.6 Å². The van der Waals surface area contributed by atoms with E-state index in [1.54, 1.807) is 37.9 Å². The van der Waals surface area contributed by atoms with Crippen molar-refractivity contribution in [2.45, 2.75) is 47.3 Å². The van der Waals surface area contributed by atoms with Crippen LogP contribution in [0.15, 0.2) is 24.3 Å². The summed E-state index contributed by atoms with van der Waals surface area (Å²) in [5.74, 6) is -0.410. The summed E-state index contributed by atoms with van der Waals surface area (Å²) < 4.78 is 42.3. The third kappa shape index (κ3) is 8.37. The van der Waals surface area contributed by atoms with Crippen LogP contribution in [-0.4, -0.2) is 49.6 Å². The van der Waals surface area contributed by atoms with Gasteiger partial charge in [-0.1, -0.05) is 29.8 Å². The maximum atomic E-state index is 12.5. The van der Waals surface area contributed by atoms with Gasteiger partial charge in [0.25, 0.3) is 0 Å². The number of halogens is 3. The van der Waals surface area contributed by atoms with E-state index in [2.05, 4.69) is 10.6 Å². The van der Waals surface area contributed by atoms with E-state index in [1.807, 2.05) is 32.9 Å². The molecule has 6 nitrogen and oxygen atoms in total. The monoisotopic (exact) mass is 479 g/mol. The minimum atomic E-state index is -4.40. The first-order chi connectivity index (χ1) is 15.7. The standard InChI is InChI=1S/C25H32F3N3O3/c1-15-7-16(2)23(17(3)8-15)30-21(32)11-29-22(33)13-31(6)12-20-9-18(4)24(19(5)10-20)34-14-25(26,27)28/h7-10H,11-14H2,1-6H3,(H,29,33)(H,30,32). The van der Waals surface area contributed by atoms with Crippen LogP contribution in [0.5, 0.6) is 5.75 Å². The zero-order valence-corrected chi connectivity index (χ0v) is 20.4. The molecule has 0 aliphatic carbocycles. The highest BCUT2D eigenvalue weighted by Crippen LogP contribution is 2.27. The molecule has 2 rings (SSSR count). The van der Waals surface area contributed by atoms with Crippen molar-refractivity contribution >= 4 is 17.5 Å². The number of carbonyl (C=O) groups excluding carboxylic acids is 2. The van der Waals surface area contributed by atoms with Crippen LogP contribution < -0.4 is 15.4 Å². The lowest BCUT2D eigenvalue weighted by Crippen LogP contribution is -2.39. The third-order valence-electron chi connectivity index (χ3n) is 5.15. The van der Waals surface area contributed by atoms with Crippen LogP contribution in [-0.2, 0) is 16.1 Å². The maximum Gasteiger partial charge on any atom is 0.422 e. The van der Waals surface area contributed by atoms with E-state index in [0.717, 1.165) is 27.9 Å². The van der Waals surface area contributed by atoms with Gasteiger partial charge in [-0.3, -0.25) is 14.5 Å². The lowest BCUT2D eigenvalue weighted by atomic mass is 10.1. The fourth-order valence-electron chi connectivity index (χ4n) is 3.92. The van der Waals surface area contributed by atoms with Crippen LogP contribution in [0.25, 0.3) is 0 Å². The number of carbonyl (C=O) groups is 2. The molecule has 2 aromatic rings. The number of rotatable bonds is 9. The Morgan fingerprint density at radius 1 is 0.912 bits per heavy atom. The number of alkyl halides is 3. The molecule has 2 N–H and O–H groups in total. The number of ether oxygens (including phenoxy) is 1. The van der Waals surface area contributed by atoms with Crippen LogP contribution in [0.1, 0.15) is 33.4 Å². The molecule has 0 bridgehead atoms. The number of likely N-dealkylation sites (N-methyl/N-ethyl adjacent to an activating group) is 1. The van der Waals surface area contributed by atoms with Gasteiger partial charge in [0.2, 0.25) is 11.8 Å². The maximum absolute atomic E-state index is 12.5. The second-order valence-corrected chi connectivity index (χ2v) is 8.73. The van der Waals surface area contributed by atoms with Gasteiger partial charge in [0.1, 0.15) is 5.75 Å². The van der Waals surface area contributed by atoms with Crippen molar-refractivity contribution in [3.63, 3.8) is 0 Å². The van der Waals surface area contributed by atoms with E-state index >= 15 is 0 Å². The van der Waals surface area contributed by atoms with Crippen molar-refractivity contribution in [1.82, 2.24) is 10.2 Å². The Labute approximate surface area is 198 Å². The molecule has 0 aliphatic rings. The van der Waals surface area contributed by atoms with E-state index in [1.165, 1.54) is 0 Å². The number of hydrogen-bond donors (Lipinski definition) is 2. The van der Waals surface area contributed by atoms with Crippen LogP contribution in [0.3, 0.4) is 0 Å². The van der Waals surface area contributed by atoms with E-state index in [0.29, 0.717) is 17.7 Å². The number of aryl methyl sites for hydroxylation is 5. The van der Waals surface area contributed by atoms with Gasteiger partial charge in [-0.2, -0.15) is 13.2 Å². The minimum Gasteiger partial charge on any atom is -0.484 e. The first-order valence-electron chi connectivity index (χ1n) is 10.9. The fourth-order valence-corrected chi connectivity index (χ4v) is 3.92. The Kier molecular flexibility index (Phi) is 9.09. The highest BCUT2D eigenvalue weighted by Gasteiger charge is 2.29. The molecule has 0 radical (unpaired) electrons. The number of nitrogens with one attached hydrogen (secondary N) is 2. The van der Waals surface area contributed by atoms with Gasteiger partial charge < -0.3 is 15.4 Å². The van der Waals surface area contributed by atoms with E-state index in [9.17, 15) is 22.8 Å². The first kappa shape index (κ1) is 27.2. The predicted octanol–water partition coefficient (Wildman–Crippen LogP) is 4.36. The number of amides is 2. The van der Waals surface area contributed by atoms with Crippen molar-refractivity contribution < 1.29 is 27.5 Å². The summed E-state index contributed by atoms with van der Waals surface area (Å²) in [6.45, 7) is 8.16. The third-order valence-corrected chi connectivity index (χ3v) is 5.15. The molecule has 9 heteroatoms. The van der Waals surface area contributed by atoms with Crippen LogP contribution in [0.4, 0.5) is 18.9 Å². The van der Waals surface area contributed by atoms with Gasteiger partial charge in [-0.05, 0) is 69.5 Å². The molecule has 2 aromatic carbocycles. The molecule has 186 valence electrons. The summed E-state index contributed by atoms with van der Waals surface area (Å²) in [5.41, 5.74) is 5.79. The summed E-state index contributed by atoms with van der Waals surface area (Å²) in [6.07, 6.45) is -4.40. The molecule has 0 spiro atoms. The van der Waals surface area contributed by atoms with E-state index < -0.39 is 12.8 Å². The normalized spacial score (nSPS) is 11.5. The van der Waals surface area contributed by atoms with Crippen molar-refractivity contribution in [3.8, 4) is 5.75 Å². The highest BCUT2D eigenvalue weighted by atomic mass is 19.4. The molecule has 0 aliphatic heterocycles. The Morgan fingerprint density at radius 3 is 2.00 bits per heavy atom. The number of benzene rings is 2. The Hall–Kier alpha value is -3.07. The molecule has 0 unspecified atom stereocenters. The van der Waals surface area contributed by atoms with Crippen LogP contribution in [0.2, 0.25) is 0 Å². The second kappa shape index (κ2) is 11.4. The molecule has 0 atom stereocenters. The smallest absolute Gasteiger partial charge is 0.422 e. The van der Waals surface area contributed by atoms with Crippen molar-refractivity contribution in [3.05, 3.63) is 57.6 Å². The van der Waals surface area contributed by atoms with E-state index in [4.69, 9.17) is 4.74 Å². The topological polar surface area (TPSA) is 70.7 Å². The Balaban J connectivity index is 1.86. The van der Waals surface area contributed by atoms with Crippen molar-refractivity contribution in [2.24, 2.45) is 0 Å². The van der Waals surface area contributed by atoms with Crippen molar-refractivity contribution in [1.29, 1.82) is 0 Å². The fraction of sp³-hybridized carbons (Fsp3) is 0.440. The first-order valence-corrected chi connectivity index (χ1v) is 10.9. The Morgan fingerprint density at radius 2 is 1.47 bits per heavy atom. The van der Waals surface area contributed by atoms with Gasteiger partial charge in [0.15, 0.2) is 6.61 Å². The summed E-state index contributed by atoms with van der Waals surface area (Å²) >= 11 is 0. The second-order valence-electron chi connectivity index (χ2n) is 8.73. The lowest BCUT2D eigenvalue weighted by Gasteiger charge is -2.19. The van der Waals surface area contributed by atoms with E-state index in [-0.39, 0.29) is 30.7 Å². The average Bonchev–Trinajstić information content (AvgIpc) is 2.67. The molecule has 0 aromatic heterocycles. The van der Waals surface area contributed by atoms with Gasteiger partial charge in [0.05, 0.1) is 13.1 Å². The molecule has 0 heterocycles. The minimum absolute atomic E-state index is 0.0558. The molecule has 2 amide bonds. The molecular formula is C25H32F3N3O3. The molecule has 0 saturated heterocycles. The van der Waals surface area contributed by atoms with Crippen LogP contribution >= 0.6 is 0 Å². The SMILES string of the molecule is Cc1cc(C)c(NC(=O)CNC(=O)CN(C)Cc2cc(C)c(OCC(F)(F)F)c(C)c2)c(C)c1. The highest BCUT2D eigenvalue weighted by molar-refractivity contribution is 5.96. The molecule has 0 saturated carbocycles. The van der Waals surface area contributed by atoms with Crippen molar-refractivity contribution in [2.75, 3.05) is 32.1 Å². The summed E-state index contributed by atoms with van der Waals surface area (Å²) in [6, 6.07) is 7.45. The largest absolute Gasteiger partial charge is 0.484 e. The quantitative estimate of drug-likeness (QED) is 0.561. The lowest BCUT2D eigenvalue weighted by molar-refractivity contribution is -0.153. The number of hydrogen-bond acceptors (Lipinski definition) is 4. The zero-order valence-electron chi connectivity index (χ0n) is 20.4. The van der Waals surface area contributed by atoms with Gasteiger partial charge in [-0.25, -0.2) is 0 Å². The van der Waals surface area contributed by atoms with Gasteiger partial charge in [-0.15, -0.1) is 0 Å². The summed E-state index contributed by atoms with van der Waals surface area (Å²) in [4.78, 5) is 26.3. The number of nitrogens with zero attached hydrogens (tertiary/aromatic N) is 1. The Bertz CT molecular complexity index is 1010. The molecule has 0 fully saturated rings. The summed E-state index contributed by atoms with van der Waals surface area (Å²) in [7, 11) is 1.75. The average molecular weight is 480 g/mol.